The molecule has 1 aliphatic heterocycles. The number of ether oxygens (including phenoxy) is 3. The van der Waals surface area contributed by atoms with Gasteiger partial charge < -0.3 is 14.2 Å². The van der Waals surface area contributed by atoms with E-state index in [-0.39, 0.29) is 5.97 Å². The van der Waals surface area contributed by atoms with Gasteiger partial charge in [-0.15, -0.1) is 11.3 Å². The maximum Gasteiger partial charge on any atom is 0.340 e. The predicted octanol–water partition coefficient (Wildman–Crippen LogP) is 4.59. The third kappa shape index (κ3) is 4.47. The zero-order chi connectivity index (χ0) is 17.9. The molecule has 0 N–H and O–H groups in total. The first-order valence-electron chi connectivity index (χ1n) is 8.46. The number of esters is 1. The second-order valence-corrected chi connectivity index (χ2v) is 8.35. The molecular weight excluding hydrogens is 324 g/mol. The Kier molecular flexibility index (Phi) is 6.23. The van der Waals surface area contributed by atoms with Crippen LogP contribution >= 0.6 is 11.3 Å². The van der Waals surface area contributed by atoms with E-state index in [1.807, 2.05) is 27.7 Å². The molecule has 134 valence electrons. The van der Waals surface area contributed by atoms with Crippen LogP contribution in [-0.2, 0) is 19.0 Å². The van der Waals surface area contributed by atoms with Crippen LogP contribution < -0.4 is 0 Å². The zero-order valence-corrected chi connectivity index (χ0v) is 16.3. The predicted molar refractivity (Wildman–Crippen MR) is 97.4 cm³/mol. The highest BCUT2D eigenvalue weighted by Gasteiger charge is 2.34. The summed E-state index contributed by atoms with van der Waals surface area (Å²) in [7, 11) is 0. The van der Waals surface area contributed by atoms with E-state index in [1.165, 1.54) is 10.5 Å². The van der Waals surface area contributed by atoms with E-state index >= 15 is 0 Å². The van der Waals surface area contributed by atoms with Crippen molar-refractivity contribution in [2.75, 3.05) is 19.8 Å². The van der Waals surface area contributed by atoms with E-state index in [4.69, 9.17) is 14.2 Å². The van der Waals surface area contributed by atoms with Crippen molar-refractivity contribution in [3.05, 3.63) is 27.0 Å². The highest BCUT2D eigenvalue weighted by Crippen LogP contribution is 2.41. The Morgan fingerprint density at radius 3 is 2.58 bits per heavy atom. The lowest BCUT2D eigenvalue weighted by atomic mass is 9.93. The van der Waals surface area contributed by atoms with Gasteiger partial charge in [0.2, 0.25) is 0 Å². The second kappa shape index (κ2) is 7.81. The van der Waals surface area contributed by atoms with E-state index < -0.39 is 11.7 Å². The van der Waals surface area contributed by atoms with Crippen LogP contribution in [0, 0.1) is 13.8 Å². The van der Waals surface area contributed by atoms with Gasteiger partial charge in [0, 0.05) is 15.3 Å². The van der Waals surface area contributed by atoms with Crippen LogP contribution in [0.1, 0.15) is 61.1 Å². The Bertz CT molecular complexity index is 622. The zero-order valence-electron chi connectivity index (χ0n) is 15.5. The highest BCUT2D eigenvalue weighted by atomic mass is 32.1. The summed E-state index contributed by atoms with van der Waals surface area (Å²) in [4.78, 5) is 15.0. The molecule has 0 bridgehead atoms. The molecule has 1 aliphatic rings. The molecule has 0 aromatic carbocycles. The fourth-order valence-electron chi connectivity index (χ4n) is 2.97. The minimum Gasteiger partial charge on any atom is -0.464 e. The van der Waals surface area contributed by atoms with Crippen molar-refractivity contribution in [1.29, 1.82) is 0 Å². The fourth-order valence-corrected chi connectivity index (χ4v) is 4.09. The van der Waals surface area contributed by atoms with E-state index in [0.717, 1.165) is 22.4 Å². The van der Waals surface area contributed by atoms with Crippen LogP contribution in [0.5, 0.6) is 0 Å². The molecule has 24 heavy (non-hydrogen) atoms. The second-order valence-electron chi connectivity index (χ2n) is 6.92. The monoisotopic (exact) mass is 352 g/mol. The normalized spacial score (nSPS) is 16.7. The molecule has 0 aliphatic carbocycles. The molecule has 0 saturated carbocycles. The van der Waals surface area contributed by atoms with Gasteiger partial charge in [-0.1, -0.05) is 6.08 Å². The number of rotatable bonds is 5. The summed E-state index contributed by atoms with van der Waals surface area (Å²) in [6.45, 7) is 13.5. The SMILES string of the molecule is CCOC(=O)C(OC(C)(C)C)c1c(C)sc(C)c1C1=CCOCC1. The molecule has 1 atom stereocenters. The minimum atomic E-state index is -0.700. The van der Waals surface area contributed by atoms with E-state index in [1.54, 1.807) is 11.3 Å². The summed E-state index contributed by atoms with van der Waals surface area (Å²) in [5, 5.41) is 0. The van der Waals surface area contributed by atoms with Gasteiger partial charge in [0.25, 0.3) is 0 Å². The number of carbonyl (C=O) groups is 1. The first-order valence-corrected chi connectivity index (χ1v) is 9.27. The summed E-state index contributed by atoms with van der Waals surface area (Å²) in [6, 6.07) is 0. The number of aryl methyl sites for hydroxylation is 2. The van der Waals surface area contributed by atoms with Crippen molar-refractivity contribution in [3.8, 4) is 0 Å². The molecule has 0 radical (unpaired) electrons. The third-order valence-corrected chi connectivity index (χ3v) is 4.86. The standard InChI is InChI=1S/C19H28O4S/c1-7-22-18(20)17(23-19(4,5)6)16-13(3)24-12(2)15(16)14-8-10-21-11-9-14/h8,17H,7,9-11H2,1-6H3. The van der Waals surface area contributed by atoms with Gasteiger partial charge in [-0.2, -0.15) is 0 Å². The molecule has 5 heteroatoms. The molecular formula is C19H28O4S. The first kappa shape index (κ1) is 19.2. The molecule has 0 amide bonds. The molecule has 4 nitrogen and oxygen atoms in total. The maximum atomic E-state index is 12.6. The van der Waals surface area contributed by atoms with Gasteiger partial charge in [-0.3, -0.25) is 0 Å². The van der Waals surface area contributed by atoms with Crippen molar-refractivity contribution in [2.24, 2.45) is 0 Å². The van der Waals surface area contributed by atoms with Crippen LogP contribution in [0.2, 0.25) is 0 Å². The fraction of sp³-hybridized carbons (Fsp3) is 0.632. The van der Waals surface area contributed by atoms with Gasteiger partial charge in [0.05, 0.1) is 25.4 Å². The van der Waals surface area contributed by atoms with Crippen LogP contribution in [-0.4, -0.2) is 31.4 Å². The number of carbonyl (C=O) groups excluding carboxylic acids is 1. The summed E-state index contributed by atoms with van der Waals surface area (Å²) < 4.78 is 16.9. The van der Waals surface area contributed by atoms with Crippen LogP contribution in [0.15, 0.2) is 6.08 Å². The molecule has 0 fully saturated rings. The van der Waals surface area contributed by atoms with Crippen molar-refractivity contribution in [3.63, 3.8) is 0 Å². The topological polar surface area (TPSA) is 44.8 Å². The Balaban J connectivity index is 2.52. The molecule has 2 heterocycles. The summed E-state index contributed by atoms with van der Waals surface area (Å²) >= 11 is 1.71. The van der Waals surface area contributed by atoms with E-state index in [2.05, 4.69) is 19.9 Å². The van der Waals surface area contributed by atoms with Crippen LogP contribution in [0.3, 0.4) is 0 Å². The Morgan fingerprint density at radius 1 is 1.33 bits per heavy atom. The summed E-state index contributed by atoms with van der Waals surface area (Å²) in [5.41, 5.74) is 2.90. The summed E-state index contributed by atoms with van der Waals surface area (Å²) in [5.74, 6) is -0.317. The molecule has 1 unspecified atom stereocenters. The van der Waals surface area contributed by atoms with Gasteiger partial charge >= 0.3 is 5.97 Å². The summed E-state index contributed by atoms with van der Waals surface area (Å²) in [6.07, 6.45) is 2.27. The molecule has 1 aromatic rings. The average molecular weight is 352 g/mol. The van der Waals surface area contributed by atoms with Gasteiger partial charge in [0.1, 0.15) is 0 Å². The van der Waals surface area contributed by atoms with Gasteiger partial charge in [-0.05, 0) is 59.1 Å². The van der Waals surface area contributed by atoms with Crippen molar-refractivity contribution in [1.82, 2.24) is 0 Å². The van der Waals surface area contributed by atoms with E-state index in [9.17, 15) is 4.79 Å². The molecule has 0 saturated heterocycles. The van der Waals surface area contributed by atoms with Crippen molar-refractivity contribution in [2.45, 2.75) is 59.7 Å². The van der Waals surface area contributed by atoms with Crippen molar-refractivity contribution < 1.29 is 19.0 Å². The quantitative estimate of drug-likeness (QED) is 0.727. The lowest BCUT2D eigenvalue weighted by molar-refractivity contribution is -0.166. The number of thiophene rings is 1. The van der Waals surface area contributed by atoms with Crippen LogP contribution in [0.25, 0.3) is 5.57 Å². The molecule has 0 spiro atoms. The van der Waals surface area contributed by atoms with Gasteiger partial charge in [0.15, 0.2) is 6.10 Å². The smallest absolute Gasteiger partial charge is 0.340 e. The average Bonchev–Trinajstić information content (AvgIpc) is 2.79. The Hall–Kier alpha value is -1.17. The van der Waals surface area contributed by atoms with E-state index in [0.29, 0.717) is 19.8 Å². The van der Waals surface area contributed by atoms with Gasteiger partial charge in [-0.25, -0.2) is 4.79 Å². The number of hydrogen-bond acceptors (Lipinski definition) is 5. The Morgan fingerprint density at radius 2 is 2.04 bits per heavy atom. The Labute approximate surface area is 148 Å². The molecule has 1 aromatic heterocycles. The third-order valence-electron chi connectivity index (χ3n) is 3.83. The lowest BCUT2D eigenvalue weighted by Gasteiger charge is -2.28. The minimum absolute atomic E-state index is 0.317. The first-order chi connectivity index (χ1) is 11.2. The van der Waals surface area contributed by atoms with Crippen molar-refractivity contribution >= 4 is 22.9 Å². The number of hydrogen-bond donors (Lipinski definition) is 0. The highest BCUT2D eigenvalue weighted by molar-refractivity contribution is 7.12. The largest absolute Gasteiger partial charge is 0.464 e. The maximum absolute atomic E-state index is 12.6. The lowest BCUT2D eigenvalue weighted by Crippen LogP contribution is -2.29. The van der Waals surface area contributed by atoms with Crippen LogP contribution in [0.4, 0.5) is 0 Å². The molecule has 2 rings (SSSR count).